The Morgan fingerprint density at radius 2 is 1.74 bits per heavy atom. The molecule has 0 saturated carbocycles. The lowest BCUT2D eigenvalue weighted by atomic mass is 9.88. The number of nitrogens with one attached hydrogen (secondary N) is 4. The number of anilines is 4. The number of piperidine rings is 2. The normalized spacial score (nSPS) is 24.4. The van der Waals surface area contributed by atoms with Gasteiger partial charge < -0.3 is 30.1 Å². The summed E-state index contributed by atoms with van der Waals surface area (Å²) in [6.07, 6.45) is 14.9. The first kappa shape index (κ1) is 49.8. The molecule has 23 heteroatoms. The van der Waals surface area contributed by atoms with Crippen LogP contribution in [0.2, 0.25) is 0 Å². The summed E-state index contributed by atoms with van der Waals surface area (Å²) in [4.78, 5) is 67.7. The Labute approximate surface area is 438 Å². The Kier molecular flexibility index (Phi) is 13.7. The molecule has 2 aromatic heterocycles. The molecular weight excluding hydrogens is 1030 g/mol. The summed E-state index contributed by atoms with van der Waals surface area (Å²) in [5.41, 5.74) is 8.57. The van der Waals surface area contributed by atoms with E-state index in [-0.39, 0.29) is 40.6 Å². The number of sulfonamides is 1. The molecule has 390 valence electrons. The van der Waals surface area contributed by atoms with Crippen molar-refractivity contribution < 1.29 is 27.5 Å². The molecule has 2 aromatic carbocycles. The number of aromatic nitrogens is 4. The summed E-state index contributed by atoms with van der Waals surface area (Å²) in [7, 11) is -0.0839. The average molecular weight is 1090 g/mol. The van der Waals surface area contributed by atoms with Crippen molar-refractivity contribution in [1.29, 1.82) is 0 Å². The van der Waals surface area contributed by atoms with E-state index in [9.17, 15) is 22.8 Å². The van der Waals surface area contributed by atoms with Crippen LogP contribution in [0.4, 0.5) is 22.7 Å². The van der Waals surface area contributed by atoms with Crippen LogP contribution in [0, 0.1) is 11.8 Å². The number of hydrogen-bond acceptors (Lipinski definition) is 17. The Hall–Kier alpha value is -6.43. The van der Waals surface area contributed by atoms with Crippen LogP contribution in [0.1, 0.15) is 39.0 Å². The Morgan fingerprint density at radius 1 is 0.959 bits per heavy atom. The van der Waals surface area contributed by atoms with Gasteiger partial charge in [0.1, 0.15) is 23.5 Å². The number of carbonyl (C=O) groups excluding carboxylic acids is 3. The first-order valence-electron chi connectivity index (χ1n) is 25.4. The van der Waals surface area contributed by atoms with Gasteiger partial charge in [-0.3, -0.25) is 48.9 Å². The van der Waals surface area contributed by atoms with Gasteiger partial charge in [0.2, 0.25) is 27.8 Å². The Balaban J connectivity index is 0.699. The van der Waals surface area contributed by atoms with Crippen molar-refractivity contribution in [3.05, 3.63) is 72.0 Å². The number of hydrogen-bond donors (Lipinski definition) is 4. The molecule has 4 fully saturated rings. The first-order chi connectivity index (χ1) is 35.6. The molecule has 4 N–H and O–H groups in total. The third-order valence-electron chi connectivity index (χ3n) is 15.4. The molecule has 4 unspecified atom stereocenters. The monoisotopic (exact) mass is 1090 g/mol. The van der Waals surface area contributed by atoms with Crippen LogP contribution in [0.3, 0.4) is 0 Å². The van der Waals surface area contributed by atoms with E-state index in [4.69, 9.17) is 9.73 Å². The van der Waals surface area contributed by atoms with Gasteiger partial charge in [0.25, 0.3) is 5.91 Å². The molecule has 6 aliphatic heterocycles. The zero-order valence-electron chi connectivity index (χ0n) is 42.0. The number of aliphatic imine (C=N–C) groups is 2. The van der Waals surface area contributed by atoms with Gasteiger partial charge >= 0.3 is 0 Å². The van der Waals surface area contributed by atoms with Crippen molar-refractivity contribution in [2.75, 3.05) is 99.1 Å². The molecule has 0 spiro atoms. The molecule has 4 aromatic rings. The maximum absolute atomic E-state index is 13.4. The van der Waals surface area contributed by atoms with Crippen molar-refractivity contribution in [2.24, 2.45) is 28.9 Å². The number of fused-ring (bicyclic) bond motifs is 1. The van der Waals surface area contributed by atoms with Gasteiger partial charge in [-0.15, -0.1) is 0 Å². The number of aryl methyl sites for hydroxylation is 1. The van der Waals surface area contributed by atoms with Gasteiger partial charge in [0.05, 0.1) is 47.0 Å². The number of guanidine groups is 1. The molecule has 7 aliphatic rings. The maximum Gasteiger partial charge on any atom is 0.251 e. The number of rotatable bonds is 13. The van der Waals surface area contributed by atoms with Crippen molar-refractivity contribution in [3.63, 3.8) is 0 Å². The molecule has 3 amide bonds. The second kappa shape index (κ2) is 20.4. The molecule has 21 nitrogen and oxygen atoms in total. The molecule has 8 heterocycles. The fraction of sp³-hybridized carbons (Fsp3) is 0.490. The number of piperazine rings is 1. The van der Waals surface area contributed by atoms with Crippen LogP contribution < -0.4 is 30.3 Å². The minimum atomic E-state index is -3.66. The average Bonchev–Trinajstić information content (AvgIpc) is 3.95. The predicted molar refractivity (Wildman–Crippen MR) is 288 cm³/mol. The number of ether oxygens (including phenoxy) is 1. The van der Waals surface area contributed by atoms with Crippen molar-refractivity contribution in [2.45, 2.75) is 62.1 Å². The van der Waals surface area contributed by atoms with Gasteiger partial charge in [-0.1, -0.05) is 22.9 Å². The second-order valence-corrected chi connectivity index (χ2v) is 23.4. The van der Waals surface area contributed by atoms with Gasteiger partial charge in [-0.05, 0) is 61.4 Å². The molecule has 0 radical (unpaired) electrons. The standard InChI is InChI=1S/C51H62BrN15O6S/c1-30-19-36-32(29-67(50(36)70)41-7-8-45(68)59-49(41)69)20-42(30)65-17-15-63(16-18-65)25-31-26-66(27-31)34-9-13-64(14-10-34)43-22-44(73-3)40(21-35(43)33-23-56-62(2)28-33)58-51-55-24-37(52)48(60-51)57-39-6-5-38-46(54-12-11-53-38)47(39)61-74(4,71)72/h5-6,11-12,20-24,28,30-31,34,37,41,48,57,61H,7-10,13-19,25-27,29H2,1-4H3,(H,58,60)(H,59,68,69). The summed E-state index contributed by atoms with van der Waals surface area (Å²) in [6.45, 7) is 11.7. The zero-order chi connectivity index (χ0) is 51.4. The van der Waals surface area contributed by atoms with E-state index in [1.165, 1.54) is 11.9 Å². The van der Waals surface area contributed by atoms with Crippen molar-refractivity contribution >= 4 is 89.6 Å². The number of amides is 3. The summed E-state index contributed by atoms with van der Waals surface area (Å²) >= 11 is 3.68. The third kappa shape index (κ3) is 10.2. The molecule has 4 saturated heterocycles. The van der Waals surface area contributed by atoms with E-state index in [1.54, 1.807) is 41.2 Å². The second-order valence-electron chi connectivity index (χ2n) is 20.6. The number of halogens is 1. The third-order valence-corrected chi connectivity index (χ3v) is 16.8. The molecule has 1 aliphatic carbocycles. The largest absolute Gasteiger partial charge is 0.494 e. The molecule has 11 rings (SSSR count). The van der Waals surface area contributed by atoms with E-state index in [0.717, 1.165) is 106 Å². The van der Waals surface area contributed by atoms with Crippen molar-refractivity contribution in [1.82, 2.24) is 44.7 Å². The highest BCUT2D eigenvalue weighted by atomic mass is 79.9. The van der Waals surface area contributed by atoms with Gasteiger partial charge in [-0.2, -0.15) is 5.10 Å². The summed E-state index contributed by atoms with van der Waals surface area (Å²) in [5, 5.41) is 13.7. The number of alkyl halides is 1. The SMILES string of the molecule is COc1cc(N2CCC(N3CC(CN4CCN(C5=CC6=C(CC5C)C(=O)N(C5CCC(=O)NC5=O)C6)CC4)C3)CC2)c(-c2cnn(C)c2)cc1NC1=NC(Nc2ccc3nccnc3c2NS(C)(=O)=O)C(Br)C=N1. The predicted octanol–water partition coefficient (Wildman–Crippen LogP) is 3.85. The van der Waals surface area contributed by atoms with Gasteiger partial charge in [-0.25, -0.2) is 18.4 Å². The minimum absolute atomic E-state index is 0.0577. The van der Waals surface area contributed by atoms with E-state index >= 15 is 0 Å². The van der Waals surface area contributed by atoms with E-state index < -0.39 is 22.2 Å². The zero-order valence-corrected chi connectivity index (χ0v) is 44.4. The number of benzene rings is 2. The molecular formula is C51H62BrN15O6S. The highest BCUT2D eigenvalue weighted by Gasteiger charge is 2.43. The fourth-order valence-electron chi connectivity index (χ4n) is 11.7. The molecule has 0 bridgehead atoms. The lowest BCUT2D eigenvalue weighted by molar-refractivity contribution is -0.142. The summed E-state index contributed by atoms with van der Waals surface area (Å²) in [5.74, 6) is 1.16. The first-order valence-corrected chi connectivity index (χ1v) is 28.2. The highest BCUT2D eigenvalue weighted by molar-refractivity contribution is 9.10. The van der Waals surface area contributed by atoms with E-state index in [1.807, 2.05) is 19.4 Å². The van der Waals surface area contributed by atoms with Crippen LogP contribution in [-0.2, 0) is 31.5 Å². The van der Waals surface area contributed by atoms with Crippen LogP contribution in [0.5, 0.6) is 5.75 Å². The number of nitrogens with zero attached hydrogens (tertiary/aromatic N) is 11. The van der Waals surface area contributed by atoms with E-state index in [2.05, 4.69) is 101 Å². The van der Waals surface area contributed by atoms with Crippen molar-refractivity contribution in [3.8, 4) is 16.9 Å². The Bertz CT molecular complexity index is 3120. The molecule has 74 heavy (non-hydrogen) atoms. The van der Waals surface area contributed by atoms with E-state index in [0.29, 0.717) is 65.5 Å². The lowest BCUT2D eigenvalue weighted by Crippen LogP contribution is -2.59. The number of methoxy groups -OCH3 is 1. The smallest absolute Gasteiger partial charge is 0.251 e. The van der Waals surface area contributed by atoms with Gasteiger partial charge in [0, 0.05) is 150 Å². The summed E-state index contributed by atoms with van der Waals surface area (Å²) in [6, 6.07) is 7.63. The fourth-order valence-corrected chi connectivity index (χ4v) is 12.6. The summed E-state index contributed by atoms with van der Waals surface area (Å²) < 4.78 is 35.4. The lowest BCUT2D eigenvalue weighted by Gasteiger charge is -2.49. The number of allylic oxidation sites excluding steroid dienone is 1. The van der Waals surface area contributed by atoms with Crippen LogP contribution in [0.15, 0.2) is 82.0 Å². The molecule has 4 atom stereocenters. The van der Waals surface area contributed by atoms with Crippen LogP contribution in [-0.4, -0.2) is 180 Å². The number of imide groups is 1. The topological polar surface area (TPSA) is 227 Å². The number of likely N-dealkylation sites (tertiary alicyclic amines) is 1. The Morgan fingerprint density at radius 3 is 2.47 bits per heavy atom. The van der Waals surface area contributed by atoms with Crippen LogP contribution >= 0.6 is 15.9 Å². The highest BCUT2D eigenvalue weighted by Crippen LogP contribution is 2.42. The van der Waals surface area contributed by atoms with Gasteiger partial charge in [0.15, 0.2) is 0 Å². The van der Waals surface area contributed by atoms with Crippen LogP contribution in [0.25, 0.3) is 22.2 Å². The maximum atomic E-state index is 13.4. The number of carbonyl (C=O) groups is 3. The minimum Gasteiger partial charge on any atom is -0.494 e. The quantitative estimate of drug-likeness (QED) is 0.110.